The highest BCUT2D eigenvalue weighted by Crippen LogP contribution is 2.50. The third kappa shape index (κ3) is 3.99. The maximum absolute atomic E-state index is 12.6. The van der Waals surface area contributed by atoms with Crippen molar-refractivity contribution in [3.05, 3.63) is 35.9 Å². The third-order valence-corrected chi connectivity index (χ3v) is 7.42. The fraction of sp³-hybridized carbons (Fsp3) is 0.526. The number of nitrogens with two attached hydrogens (primary N) is 1. The van der Waals surface area contributed by atoms with E-state index in [2.05, 4.69) is 10.3 Å². The first-order valence-corrected chi connectivity index (χ1v) is 10.2. The number of likely N-dealkylation sites (tertiary alicyclic amines) is 1. The van der Waals surface area contributed by atoms with Crippen LogP contribution >= 0.6 is 24.2 Å². The quantitative estimate of drug-likeness (QED) is 0.498. The van der Waals surface area contributed by atoms with Crippen LogP contribution in [0.25, 0.3) is 0 Å². The molecule has 0 saturated carbocycles. The lowest BCUT2D eigenvalue weighted by Crippen LogP contribution is -2.51. The van der Waals surface area contributed by atoms with Crippen LogP contribution < -0.4 is 11.1 Å². The molecule has 28 heavy (non-hydrogen) atoms. The van der Waals surface area contributed by atoms with E-state index in [1.807, 2.05) is 23.1 Å². The number of nitrogens with zero attached hydrogens (tertiary/aromatic N) is 2. The van der Waals surface area contributed by atoms with Crippen LogP contribution in [0.15, 0.2) is 35.3 Å². The predicted molar refractivity (Wildman–Crippen MR) is 114 cm³/mol. The Morgan fingerprint density at radius 3 is 2.68 bits per heavy atom. The van der Waals surface area contributed by atoms with Gasteiger partial charge in [0.2, 0.25) is 0 Å². The van der Waals surface area contributed by atoms with Crippen molar-refractivity contribution < 1.29 is 9.53 Å². The zero-order chi connectivity index (χ0) is 18.9. The van der Waals surface area contributed by atoms with Gasteiger partial charge in [-0.3, -0.25) is 15.2 Å². The van der Waals surface area contributed by atoms with Gasteiger partial charge in [0, 0.05) is 44.3 Å². The zero-order valence-electron chi connectivity index (χ0n) is 15.6. The van der Waals surface area contributed by atoms with Gasteiger partial charge in [0.15, 0.2) is 11.1 Å². The highest BCUT2D eigenvalue weighted by atomic mass is 35.5. The molecule has 1 amide bonds. The Morgan fingerprint density at radius 2 is 2.00 bits per heavy atom. The third-order valence-electron chi connectivity index (χ3n) is 5.82. The van der Waals surface area contributed by atoms with Crippen molar-refractivity contribution in [2.45, 2.75) is 17.6 Å². The number of aliphatic imine (C=N–C) groups is 1. The Kier molecular flexibility index (Phi) is 6.52. The van der Waals surface area contributed by atoms with Crippen LogP contribution in [0.2, 0.25) is 0 Å². The number of halogens is 1. The first-order valence-electron chi connectivity index (χ1n) is 9.35. The maximum atomic E-state index is 12.6. The second-order valence-electron chi connectivity index (χ2n) is 7.37. The standard InChI is InChI=1S/C19H25N5O2S.ClH/c20-17(21)24-11-15-10-22-18(23-16(25)13-4-2-1-3-5-13)27-19(15,12-24)14-6-8-26-9-7-14;/h1-5,14-15H,6-12H2,(H3,20,21)(H,22,23,25);1H/t15-,19+;/m0./s1. The molecular weight excluding hydrogens is 398 g/mol. The number of carbonyl (C=O) groups excluding carboxylic acids is 1. The molecule has 2 fully saturated rings. The second kappa shape index (κ2) is 8.71. The van der Waals surface area contributed by atoms with Gasteiger partial charge in [-0.05, 0) is 30.9 Å². The van der Waals surface area contributed by atoms with E-state index in [4.69, 9.17) is 15.9 Å². The largest absolute Gasteiger partial charge is 0.381 e. The average molecular weight is 424 g/mol. The minimum atomic E-state index is -0.135. The number of hydrogen-bond donors (Lipinski definition) is 3. The fourth-order valence-electron chi connectivity index (χ4n) is 4.39. The van der Waals surface area contributed by atoms with E-state index in [1.165, 1.54) is 0 Å². The zero-order valence-corrected chi connectivity index (χ0v) is 17.2. The van der Waals surface area contributed by atoms with Gasteiger partial charge in [0.1, 0.15) is 0 Å². The number of hydrogen-bond acceptors (Lipinski definition) is 5. The van der Waals surface area contributed by atoms with Gasteiger partial charge < -0.3 is 20.7 Å². The van der Waals surface area contributed by atoms with Gasteiger partial charge in [0.05, 0.1) is 4.75 Å². The average Bonchev–Trinajstić information content (AvgIpc) is 3.10. The minimum Gasteiger partial charge on any atom is -0.381 e. The van der Waals surface area contributed by atoms with Crippen molar-refractivity contribution in [2.75, 3.05) is 32.8 Å². The van der Waals surface area contributed by atoms with E-state index < -0.39 is 0 Å². The van der Waals surface area contributed by atoms with E-state index in [-0.39, 0.29) is 29.0 Å². The lowest BCUT2D eigenvalue weighted by molar-refractivity contribution is 0.0498. The van der Waals surface area contributed by atoms with Crippen LogP contribution in [-0.2, 0) is 4.74 Å². The summed E-state index contributed by atoms with van der Waals surface area (Å²) in [5.74, 6) is 0.770. The highest BCUT2D eigenvalue weighted by molar-refractivity contribution is 8.15. The summed E-state index contributed by atoms with van der Waals surface area (Å²) < 4.78 is 5.48. The van der Waals surface area contributed by atoms with Gasteiger partial charge in [-0.1, -0.05) is 30.0 Å². The lowest BCUT2D eigenvalue weighted by atomic mass is 9.78. The molecule has 2 saturated heterocycles. The summed E-state index contributed by atoms with van der Waals surface area (Å²) in [7, 11) is 0. The number of benzene rings is 1. The molecule has 3 aliphatic heterocycles. The van der Waals surface area contributed by atoms with Crippen molar-refractivity contribution in [1.29, 1.82) is 5.41 Å². The number of guanidine groups is 1. The van der Waals surface area contributed by atoms with Crippen LogP contribution in [0, 0.1) is 17.2 Å². The van der Waals surface area contributed by atoms with Gasteiger partial charge in [-0.25, -0.2) is 0 Å². The van der Waals surface area contributed by atoms with E-state index in [1.54, 1.807) is 23.9 Å². The Morgan fingerprint density at radius 1 is 1.29 bits per heavy atom. The Hall–Kier alpha value is -1.77. The molecule has 1 aromatic rings. The number of carbonyl (C=O) groups is 1. The SMILES string of the molecule is Cl.N=C(N)N1C[C@@H]2CN=C(NC(=O)c3ccccc3)S[C@@]2(C2CCOCC2)C1. The number of rotatable bonds is 2. The number of fused-ring (bicyclic) bond motifs is 1. The number of ether oxygens (including phenoxy) is 1. The smallest absolute Gasteiger partial charge is 0.257 e. The van der Waals surface area contributed by atoms with Crippen molar-refractivity contribution >= 4 is 41.2 Å². The Bertz CT molecular complexity index is 756. The molecule has 152 valence electrons. The first-order chi connectivity index (χ1) is 13.1. The summed E-state index contributed by atoms with van der Waals surface area (Å²) in [5, 5.41) is 11.6. The molecule has 7 nitrogen and oxygen atoms in total. The van der Waals surface area contributed by atoms with Gasteiger partial charge in [0.25, 0.3) is 5.91 Å². The normalized spacial score (nSPS) is 27.4. The molecule has 0 spiro atoms. The van der Waals surface area contributed by atoms with E-state index in [9.17, 15) is 4.79 Å². The molecule has 4 rings (SSSR count). The summed E-state index contributed by atoms with van der Waals surface area (Å²) in [6.07, 6.45) is 1.99. The van der Waals surface area contributed by atoms with Crippen molar-refractivity contribution in [3.8, 4) is 0 Å². The van der Waals surface area contributed by atoms with E-state index in [0.717, 1.165) is 39.1 Å². The van der Waals surface area contributed by atoms with Gasteiger partial charge in [-0.2, -0.15) is 0 Å². The molecule has 2 atom stereocenters. The number of nitrogens with one attached hydrogen (secondary N) is 2. The van der Waals surface area contributed by atoms with Crippen LogP contribution in [0.4, 0.5) is 0 Å². The van der Waals surface area contributed by atoms with Gasteiger partial charge >= 0.3 is 0 Å². The first kappa shape index (κ1) is 21.0. The molecule has 0 bridgehead atoms. The molecule has 3 aliphatic rings. The highest BCUT2D eigenvalue weighted by Gasteiger charge is 2.55. The second-order valence-corrected chi connectivity index (χ2v) is 8.72. The summed E-state index contributed by atoms with van der Waals surface area (Å²) in [5.41, 5.74) is 6.42. The number of thioether (sulfide) groups is 1. The Labute approximate surface area is 175 Å². The topological polar surface area (TPSA) is 104 Å². The molecule has 0 aromatic heterocycles. The molecule has 0 aliphatic carbocycles. The predicted octanol–water partition coefficient (Wildman–Crippen LogP) is 1.93. The molecule has 0 radical (unpaired) electrons. The monoisotopic (exact) mass is 423 g/mol. The molecular formula is C19H26ClN5O2S. The van der Waals surface area contributed by atoms with Crippen LogP contribution in [0.3, 0.4) is 0 Å². The number of amides is 1. The van der Waals surface area contributed by atoms with Crippen molar-refractivity contribution in [2.24, 2.45) is 22.6 Å². The van der Waals surface area contributed by atoms with Crippen molar-refractivity contribution in [1.82, 2.24) is 10.2 Å². The van der Waals surface area contributed by atoms with Gasteiger partial charge in [-0.15, -0.1) is 12.4 Å². The molecule has 9 heteroatoms. The van der Waals surface area contributed by atoms with E-state index >= 15 is 0 Å². The van der Waals surface area contributed by atoms with Crippen molar-refractivity contribution in [3.63, 3.8) is 0 Å². The summed E-state index contributed by atoms with van der Waals surface area (Å²) in [4.78, 5) is 19.2. The fourth-order valence-corrected chi connectivity index (χ4v) is 5.97. The lowest BCUT2D eigenvalue weighted by Gasteiger charge is -2.44. The van der Waals surface area contributed by atoms with E-state index in [0.29, 0.717) is 29.1 Å². The summed E-state index contributed by atoms with van der Waals surface area (Å²) >= 11 is 1.67. The minimum absolute atomic E-state index is 0. The van der Waals surface area contributed by atoms with Crippen LogP contribution in [-0.4, -0.2) is 59.5 Å². The molecule has 3 heterocycles. The molecule has 4 N–H and O–H groups in total. The summed E-state index contributed by atoms with van der Waals surface area (Å²) in [6, 6.07) is 9.20. The van der Waals surface area contributed by atoms with Crippen LogP contribution in [0.1, 0.15) is 23.2 Å². The summed E-state index contributed by atoms with van der Waals surface area (Å²) in [6.45, 7) is 3.66. The number of amidine groups is 1. The maximum Gasteiger partial charge on any atom is 0.257 e. The Balaban J connectivity index is 0.00000225. The van der Waals surface area contributed by atoms with Crippen LogP contribution in [0.5, 0.6) is 0 Å². The molecule has 1 aromatic carbocycles. The molecule has 0 unspecified atom stereocenters.